The Morgan fingerprint density at radius 3 is 2.33 bits per heavy atom. The minimum absolute atomic E-state index is 0.00188. The highest BCUT2D eigenvalue weighted by molar-refractivity contribution is 7.80. The highest BCUT2D eigenvalue weighted by Gasteiger charge is 2.34. The van der Waals surface area contributed by atoms with Crippen LogP contribution in [-0.4, -0.2) is 34.6 Å². The Morgan fingerprint density at radius 1 is 1.00 bits per heavy atom. The molecule has 182 valence electrons. The molecule has 1 aliphatic rings. The van der Waals surface area contributed by atoms with Crippen molar-refractivity contribution in [2.75, 3.05) is 11.5 Å². The molecule has 2 N–H and O–H groups in total. The van der Waals surface area contributed by atoms with Gasteiger partial charge in [-0.05, 0) is 84.9 Å². The number of amides is 2. The summed E-state index contributed by atoms with van der Waals surface area (Å²) < 4.78 is 11.2. The van der Waals surface area contributed by atoms with Crippen LogP contribution in [0.3, 0.4) is 0 Å². The zero-order chi connectivity index (χ0) is 25.7. The number of aromatic carboxylic acids is 1. The van der Waals surface area contributed by atoms with Gasteiger partial charge in [-0.1, -0.05) is 24.3 Å². The maximum Gasteiger partial charge on any atom is 0.335 e. The Morgan fingerprint density at radius 2 is 1.67 bits per heavy atom. The number of nitrogens with zero attached hydrogens (tertiary/aromatic N) is 1. The van der Waals surface area contributed by atoms with E-state index in [1.807, 2.05) is 6.92 Å². The van der Waals surface area contributed by atoms with Crippen molar-refractivity contribution in [2.45, 2.75) is 13.5 Å². The van der Waals surface area contributed by atoms with E-state index < -0.39 is 17.8 Å². The second kappa shape index (κ2) is 10.8. The van der Waals surface area contributed by atoms with Crippen LogP contribution in [0.4, 0.5) is 5.69 Å². The molecule has 1 saturated heterocycles. The molecule has 1 aliphatic heterocycles. The van der Waals surface area contributed by atoms with Crippen molar-refractivity contribution < 1.29 is 29.0 Å². The Hall–Kier alpha value is -4.50. The summed E-state index contributed by atoms with van der Waals surface area (Å²) in [7, 11) is 0. The van der Waals surface area contributed by atoms with Gasteiger partial charge in [-0.15, -0.1) is 0 Å². The zero-order valence-electron chi connectivity index (χ0n) is 19.3. The summed E-state index contributed by atoms with van der Waals surface area (Å²) in [6, 6.07) is 20.2. The quantitative estimate of drug-likeness (QED) is 0.270. The predicted octanol–water partition coefficient (Wildman–Crippen LogP) is 4.19. The van der Waals surface area contributed by atoms with E-state index in [4.69, 9.17) is 26.8 Å². The van der Waals surface area contributed by atoms with Gasteiger partial charge >= 0.3 is 5.97 Å². The molecule has 0 spiro atoms. The van der Waals surface area contributed by atoms with Crippen LogP contribution in [0, 0.1) is 0 Å². The Bertz CT molecular complexity index is 1350. The smallest absolute Gasteiger partial charge is 0.335 e. The van der Waals surface area contributed by atoms with E-state index in [1.54, 1.807) is 66.7 Å². The van der Waals surface area contributed by atoms with Gasteiger partial charge in [0.05, 0.1) is 17.9 Å². The molecule has 1 heterocycles. The van der Waals surface area contributed by atoms with E-state index in [1.165, 1.54) is 17.0 Å². The number of carbonyl (C=O) groups excluding carboxylic acids is 2. The van der Waals surface area contributed by atoms with Crippen LogP contribution in [0.25, 0.3) is 6.08 Å². The number of carboxylic acids is 1. The Labute approximate surface area is 212 Å². The minimum Gasteiger partial charge on any atom is -0.494 e. The first-order valence-electron chi connectivity index (χ1n) is 11.0. The van der Waals surface area contributed by atoms with E-state index >= 15 is 0 Å². The van der Waals surface area contributed by atoms with Gasteiger partial charge in [0.2, 0.25) is 0 Å². The SMILES string of the molecule is CCOc1ccc(N2C(=O)/C(=C\c3ccc(OCc4cccc(C(=O)O)c4)cc3)C(=O)NC2=S)cc1. The summed E-state index contributed by atoms with van der Waals surface area (Å²) in [6.07, 6.45) is 1.49. The lowest BCUT2D eigenvalue weighted by Gasteiger charge is -2.29. The summed E-state index contributed by atoms with van der Waals surface area (Å²) >= 11 is 5.24. The first-order valence-corrected chi connectivity index (χ1v) is 11.5. The normalized spacial score (nSPS) is 14.5. The summed E-state index contributed by atoms with van der Waals surface area (Å²) in [4.78, 5) is 38.1. The average molecular weight is 503 g/mol. The van der Waals surface area contributed by atoms with Crippen molar-refractivity contribution in [3.05, 3.63) is 95.1 Å². The van der Waals surface area contributed by atoms with Crippen LogP contribution in [0.15, 0.2) is 78.4 Å². The molecular formula is C27H22N2O6S. The van der Waals surface area contributed by atoms with E-state index in [2.05, 4.69) is 5.32 Å². The van der Waals surface area contributed by atoms with Gasteiger partial charge in [0, 0.05) is 0 Å². The van der Waals surface area contributed by atoms with E-state index in [9.17, 15) is 14.4 Å². The third-order valence-electron chi connectivity index (χ3n) is 5.28. The van der Waals surface area contributed by atoms with Crippen molar-refractivity contribution in [3.8, 4) is 11.5 Å². The largest absolute Gasteiger partial charge is 0.494 e. The number of anilines is 1. The van der Waals surface area contributed by atoms with Crippen molar-refractivity contribution in [2.24, 2.45) is 0 Å². The standard InChI is InChI=1S/C27H22N2O6S/c1-2-34-21-12-8-20(9-13-21)29-25(31)23(24(30)28-27(29)36)15-17-6-10-22(11-7-17)35-16-18-4-3-5-19(14-18)26(32)33/h3-15H,2,16H2,1H3,(H,32,33)(H,28,30,36)/b23-15-. The van der Waals surface area contributed by atoms with Crippen molar-refractivity contribution in [1.82, 2.24) is 5.32 Å². The molecule has 0 saturated carbocycles. The number of rotatable bonds is 8. The molecule has 0 aliphatic carbocycles. The second-order valence-corrected chi connectivity index (χ2v) is 8.13. The van der Waals surface area contributed by atoms with Gasteiger partial charge in [0.1, 0.15) is 23.7 Å². The van der Waals surface area contributed by atoms with E-state index in [0.29, 0.717) is 29.4 Å². The van der Waals surface area contributed by atoms with Gasteiger partial charge in [-0.2, -0.15) is 0 Å². The fraction of sp³-hybridized carbons (Fsp3) is 0.111. The fourth-order valence-corrected chi connectivity index (χ4v) is 3.82. The molecule has 9 heteroatoms. The molecule has 1 fully saturated rings. The first kappa shape index (κ1) is 24.6. The monoisotopic (exact) mass is 502 g/mol. The summed E-state index contributed by atoms with van der Waals surface area (Å²) in [5, 5.41) is 11.7. The van der Waals surface area contributed by atoms with Crippen LogP contribution in [0.1, 0.15) is 28.4 Å². The Kier molecular flexibility index (Phi) is 7.41. The number of carbonyl (C=O) groups is 3. The third-order valence-corrected chi connectivity index (χ3v) is 5.56. The summed E-state index contributed by atoms with van der Waals surface area (Å²) in [6.45, 7) is 2.59. The van der Waals surface area contributed by atoms with Gasteiger partial charge in [-0.25, -0.2) is 4.79 Å². The molecule has 0 atom stereocenters. The van der Waals surface area contributed by atoms with Crippen LogP contribution in [-0.2, 0) is 16.2 Å². The van der Waals surface area contributed by atoms with E-state index in [-0.39, 0.29) is 22.9 Å². The highest BCUT2D eigenvalue weighted by Crippen LogP contribution is 2.25. The number of hydrogen-bond donors (Lipinski definition) is 2. The molecule has 3 aromatic rings. The second-order valence-electron chi connectivity index (χ2n) is 7.75. The van der Waals surface area contributed by atoms with Gasteiger partial charge in [0.15, 0.2) is 5.11 Å². The number of benzene rings is 3. The van der Waals surface area contributed by atoms with Crippen LogP contribution in [0.5, 0.6) is 11.5 Å². The van der Waals surface area contributed by atoms with E-state index in [0.717, 1.165) is 5.56 Å². The van der Waals surface area contributed by atoms with Gasteiger partial charge < -0.3 is 14.6 Å². The van der Waals surface area contributed by atoms with Crippen molar-refractivity contribution in [1.29, 1.82) is 0 Å². The molecule has 2 amide bonds. The fourth-order valence-electron chi connectivity index (χ4n) is 3.54. The van der Waals surface area contributed by atoms with Crippen molar-refractivity contribution in [3.63, 3.8) is 0 Å². The molecule has 4 rings (SSSR count). The lowest BCUT2D eigenvalue weighted by molar-refractivity contribution is -0.122. The molecule has 0 bridgehead atoms. The maximum atomic E-state index is 13.2. The summed E-state index contributed by atoms with van der Waals surface area (Å²) in [5.41, 5.74) is 1.98. The number of nitrogens with one attached hydrogen (secondary N) is 1. The first-order chi connectivity index (χ1) is 17.4. The molecule has 8 nitrogen and oxygen atoms in total. The zero-order valence-corrected chi connectivity index (χ0v) is 20.1. The molecule has 0 radical (unpaired) electrons. The number of ether oxygens (including phenoxy) is 2. The minimum atomic E-state index is -1.00. The summed E-state index contributed by atoms with van der Waals surface area (Å²) in [5.74, 6) is -0.905. The molecular weight excluding hydrogens is 480 g/mol. The van der Waals surface area contributed by atoms with Crippen LogP contribution < -0.4 is 19.7 Å². The highest BCUT2D eigenvalue weighted by atomic mass is 32.1. The number of thiocarbonyl (C=S) groups is 1. The molecule has 0 unspecified atom stereocenters. The average Bonchev–Trinajstić information content (AvgIpc) is 2.87. The lowest BCUT2D eigenvalue weighted by Crippen LogP contribution is -2.54. The predicted molar refractivity (Wildman–Crippen MR) is 138 cm³/mol. The molecule has 36 heavy (non-hydrogen) atoms. The topological polar surface area (TPSA) is 105 Å². The molecule has 0 aromatic heterocycles. The third kappa shape index (κ3) is 5.59. The maximum absolute atomic E-state index is 13.2. The Balaban J connectivity index is 1.48. The lowest BCUT2D eigenvalue weighted by atomic mass is 10.1. The molecule has 3 aromatic carbocycles. The number of hydrogen-bond acceptors (Lipinski definition) is 6. The van der Waals surface area contributed by atoms with Crippen molar-refractivity contribution >= 4 is 46.9 Å². The van der Waals surface area contributed by atoms with Crippen LogP contribution in [0.2, 0.25) is 0 Å². The van der Waals surface area contributed by atoms with Gasteiger partial charge in [-0.3, -0.25) is 19.8 Å². The van der Waals surface area contributed by atoms with Gasteiger partial charge in [0.25, 0.3) is 11.8 Å². The van der Waals surface area contributed by atoms with Crippen LogP contribution >= 0.6 is 12.2 Å². The number of carboxylic acid groups (broad SMARTS) is 1.